The van der Waals surface area contributed by atoms with Gasteiger partial charge < -0.3 is 10.4 Å². The third-order valence-electron chi connectivity index (χ3n) is 4.34. The van der Waals surface area contributed by atoms with E-state index in [1.165, 1.54) is 7.05 Å². The Hall–Kier alpha value is -1.55. The average Bonchev–Trinajstić information content (AvgIpc) is 2.55. The third kappa shape index (κ3) is 6.35. The summed E-state index contributed by atoms with van der Waals surface area (Å²) in [6.45, 7) is 2.00. The number of carbonyl (C=O) groups is 1. The number of aliphatic hydroxyl groups excluding tert-OH is 1. The van der Waals surface area contributed by atoms with Crippen molar-refractivity contribution in [2.24, 2.45) is 0 Å². The predicted octanol–water partition coefficient (Wildman–Crippen LogP) is -0.585. The van der Waals surface area contributed by atoms with Gasteiger partial charge >= 0.3 is 0 Å². The van der Waals surface area contributed by atoms with Crippen molar-refractivity contribution < 1.29 is 18.3 Å². The Morgan fingerprint density at radius 3 is 2.84 bits per heavy atom. The second-order valence-corrected chi connectivity index (χ2v) is 8.51. The maximum Gasteiger partial charge on any atom is 0.221 e. The second kappa shape index (κ2) is 8.70. The van der Waals surface area contributed by atoms with Crippen molar-refractivity contribution >= 4 is 15.9 Å². The van der Waals surface area contributed by atoms with Gasteiger partial charge in [-0.05, 0) is 18.6 Å². The molecule has 9 heteroatoms. The number of aromatic nitrogens is 1. The van der Waals surface area contributed by atoms with Crippen LogP contribution in [0.25, 0.3) is 0 Å². The van der Waals surface area contributed by atoms with E-state index in [4.69, 9.17) is 0 Å². The highest BCUT2D eigenvalue weighted by molar-refractivity contribution is 7.88. The number of aliphatic hydroxyl groups is 1. The number of nitrogens with zero attached hydrogens (tertiary/aromatic N) is 3. The van der Waals surface area contributed by atoms with Crippen LogP contribution in [-0.2, 0) is 21.4 Å². The Labute approximate surface area is 148 Å². The number of β-amino-alcohol motifs (C(OH)–C–C–N with tert-alkyl or cyclic N) is 1. The number of hydrogen-bond donors (Lipinski definition) is 2. The number of amides is 1. The van der Waals surface area contributed by atoms with Crippen LogP contribution >= 0.6 is 0 Å². The van der Waals surface area contributed by atoms with Crippen LogP contribution in [0.5, 0.6) is 0 Å². The monoisotopic (exact) mass is 370 g/mol. The summed E-state index contributed by atoms with van der Waals surface area (Å²) in [6, 6.07) is 5.43. The molecule has 1 fully saturated rings. The molecule has 0 spiro atoms. The van der Waals surface area contributed by atoms with Crippen LogP contribution < -0.4 is 5.32 Å². The largest absolute Gasteiger partial charge is 0.390 e. The number of sulfonamides is 1. The summed E-state index contributed by atoms with van der Waals surface area (Å²) in [5.41, 5.74) is 0.945. The molecule has 0 unspecified atom stereocenters. The molecule has 0 bridgehead atoms. The molecule has 1 aliphatic rings. The summed E-state index contributed by atoms with van der Waals surface area (Å²) in [4.78, 5) is 18.4. The molecular formula is C16H26N4O4S. The van der Waals surface area contributed by atoms with Crippen LogP contribution in [-0.4, -0.2) is 78.7 Å². The van der Waals surface area contributed by atoms with Crippen molar-refractivity contribution in [3.05, 3.63) is 30.1 Å². The number of pyridine rings is 1. The van der Waals surface area contributed by atoms with Gasteiger partial charge in [-0.1, -0.05) is 6.07 Å². The quantitative estimate of drug-likeness (QED) is 0.665. The maximum atomic E-state index is 12.0. The number of nitrogens with one attached hydrogen (secondary N) is 1. The molecule has 0 radical (unpaired) electrons. The lowest BCUT2D eigenvalue weighted by Gasteiger charge is -2.36. The van der Waals surface area contributed by atoms with Crippen LogP contribution in [0.3, 0.4) is 0 Å². The molecule has 25 heavy (non-hydrogen) atoms. The fourth-order valence-corrected chi connectivity index (χ4v) is 3.16. The normalized spacial score (nSPS) is 22.1. The fraction of sp³-hybridized carbons (Fsp3) is 0.625. The van der Waals surface area contributed by atoms with E-state index in [1.807, 2.05) is 18.2 Å². The van der Waals surface area contributed by atoms with Gasteiger partial charge in [0.15, 0.2) is 0 Å². The molecule has 1 aromatic heterocycles. The first kappa shape index (κ1) is 19.8. The van der Waals surface area contributed by atoms with Crippen molar-refractivity contribution in [3.8, 4) is 0 Å². The predicted molar refractivity (Wildman–Crippen MR) is 94.2 cm³/mol. The Balaban J connectivity index is 1.76. The lowest BCUT2D eigenvalue weighted by molar-refractivity contribution is -0.123. The van der Waals surface area contributed by atoms with Gasteiger partial charge in [0, 0.05) is 45.8 Å². The lowest BCUT2D eigenvalue weighted by Crippen LogP contribution is -2.54. The van der Waals surface area contributed by atoms with Crippen LogP contribution in [0, 0.1) is 0 Å². The Bertz CT molecular complexity index is 668. The van der Waals surface area contributed by atoms with Crippen LogP contribution in [0.1, 0.15) is 18.5 Å². The number of piperidine rings is 1. The van der Waals surface area contributed by atoms with Gasteiger partial charge in [0.2, 0.25) is 15.9 Å². The zero-order valence-electron chi connectivity index (χ0n) is 14.6. The highest BCUT2D eigenvalue weighted by Gasteiger charge is 2.29. The molecular weight excluding hydrogens is 344 g/mol. The molecule has 2 rings (SSSR count). The molecule has 1 saturated heterocycles. The Kier molecular flexibility index (Phi) is 6.88. The van der Waals surface area contributed by atoms with E-state index >= 15 is 0 Å². The molecule has 1 amide bonds. The van der Waals surface area contributed by atoms with E-state index in [0.717, 1.165) is 22.8 Å². The maximum absolute atomic E-state index is 12.0. The number of rotatable bonds is 7. The highest BCUT2D eigenvalue weighted by Crippen LogP contribution is 2.14. The summed E-state index contributed by atoms with van der Waals surface area (Å²) in [5.74, 6) is -0.252. The summed E-state index contributed by atoms with van der Waals surface area (Å²) < 4.78 is 23.8. The van der Waals surface area contributed by atoms with E-state index in [1.54, 1.807) is 6.20 Å². The molecule has 1 aromatic rings. The first-order chi connectivity index (χ1) is 11.8. The van der Waals surface area contributed by atoms with Crippen molar-refractivity contribution in [2.75, 3.05) is 32.9 Å². The lowest BCUT2D eigenvalue weighted by atomic mass is 10.0. The third-order valence-corrected chi connectivity index (χ3v) is 5.66. The highest BCUT2D eigenvalue weighted by atomic mass is 32.2. The Morgan fingerprint density at radius 2 is 2.24 bits per heavy atom. The zero-order valence-corrected chi connectivity index (χ0v) is 15.4. The van der Waals surface area contributed by atoms with Crippen molar-refractivity contribution in [1.82, 2.24) is 19.5 Å². The first-order valence-corrected chi connectivity index (χ1v) is 10.1. The minimum atomic E-state index is -3.29. The second-order valence-electron chi connectivity index (χ2n) is 6.42. The van der Waals surface area contributed by atoms with Crippen molar-refractivity contribution in [3.63, 3.8) is 0 Å². The Morgan fingerprint density at radius 1 is 1.48 bits per heavy atom. The summed E-state index contributed by atoms with van der Waals surface area (Å²) in [7, 11) is -1.85. The molecule has 2 atom stereocenters. The summed E-state index contributed by atoms with van der Waals surface area (Å²) in [5, 5.41) is 13.1. The molecule has 0 saturated carbocycles. The smallest absolute Gasteiger partial charge is 0.221 e. The van der Waals surface area contributed by atoms with E-state index in [-0.39, 0.29) is 24.9 Å². The molecule has 2 heterocycles. The van der Waals surface area contributed by atoms with Crippen molar-refractivity contribution in [2.45, 2.75) is 31.5 Å². The van der Waals surface area contributed by atoms with Crippen LogP contribution in [0.2, 0.25) is 0 Å². The summed E-state index contributed by atoms with van der Waals surface area (Å²) >= 11 is 0. The zero-order chi connectivity index (χ0) is 18.4. The average molecular weight is 370 g/mol. The van der Waals surface area contributed by atoms with E-state index in [0.29, 0.717) is 19.5 Å². The van der Waals surface area contributed by atoms with Gasteiger partial charge in [-0.15, -0.1) is 0 Å². The minimum absolute atomic E-state index is 0.0738. The molecule has 0 aromatic carbocycles. The van der Waals surface area contributed by atoms with Gasteiger partial charge in [0.25, 0.3) is 0 Å². The van der Waals surface area contributed by atoms with Gasteiger partial charge in [-0.3, -0.25) is 14.7 Å². The van der Waals surface area contributed by atoms with Gasteiger partial charge in [0.1, 0.15) is 0 Å². The molecule has 8 nitrogen and oxygen atoms in total. The SMILES string of the molecule is CN(CCC(=O)N[C@@H]1CCN(Cc2ccccn2)C[C@H]1O)S(C)(=O)=O. The van der Waals surface area contributed by atoms with Gasteiger partial charge in [-0.2, -0.15) is 0 Å². The summed E-state index contributed by atoms with van der Waals surface area (Å²) in [6.07, 6.45) is 2.90. The molecule has 1 aliphatic heterocycles. The van der Waals surface area contributed by atoms with Gasteiger partial charge in [-0.25, -0.2) is 12.7 Å². The van der Waals surface area contributed by atoms with Gasteiger partial charge in [0.05, 0.1) is 24.1 Å². The van der Waals surface area contributed by atoms with Crippen LogP contribution in [0.15, 0.2) is 24.4 Å². The number of likely N-dealkylation sites (tertiary alicyclic amines) is 1. The number of carbonyl (C=O) groups excluding carboxylic acids is 1. The van der Waals surface area contributed by atoms with E-state index in [9.17, 15) is 18.3 Å². The molecule has 140 valence electrons. The van der Waals surface area contributed by atoms with Crippen molar-refractivity contribution in [1.29, 1.82) is 0 Å². The molecule has 0 aliphatic carbocycles. The first-order valence-electron chi connectivity index (χ1n) is 8.26. The minimum Gasteiger partial charge on any atom is -0.390 e. The topological polar surface area (TPSA) is 103 Å². The number of hydrogen-bond acceptors (Lipinski definition) is 6. The fourth-order valence-electron chi connectivity index (χ4n) is 2.73. The molecule has 2 N–H and O–H groups in total. The van der Waals surface area contributed by atoms with E-state index < -0.39 is 16.1 Å². The standard InChI is InChI=1S/C16H26N4O4S/c1-19(25(2,23)24)9-7-16(22)18-14-6-10-20(12-15(14)21)11-13-5-3-4-8-17-13/h3-5,8,14-15,21H,6-7,9-12H2,1-2H3,(H,18,22)/t14-,15-/m1/s1. The van der Waals surface area contributed by atoms with Crippen LogP contribution in [0.4, 0.5) is 0 Å². The van der Waals surface area contributed by atoms with E-state index in [2.05, 4.69) is 15.2 Å².